The number of halogens is 1. The summed E-state index contributed by atoms with van der Waals surface area (Å²) in [5.41, 5.74) is 2.48. The first-order valence-corrected chi connectivity index (χ1v) is 10.3. The zero-order valence-corrected chi connectivity index (χ0v) is 17.5. The SMILES string of the molecule is Oc1ccccc1CN1CCN(Cc2ccccc2O)C1c1cc(Br)ccc1O. The minimum atomic E-state index is -0.188. The first-order valence-electron chi connectivity index (χ1n) is 9.53. The Kier molecular flexibility index (Phi) is 5.76. The maximum Gasteiger partial charge on any atom is 0.121 e. The summed E-state index contributed by atoms with van der Waals surface area (Å²) < 4.78 is 0.891. The van der Waals surface area contributed by atoms with Gasteiger partial charge >= 0.3 is 0 Å². The van der Waals surface area contributed by atoms with Crippen molar-refractivity contribution in [3.63, 3.8) is 0 Å². The van der Waals surface area contributed by atoms with Gasteiger partial charge in [0.2, 0.25) is 0 Å². The molecule has 1 aliphatic rings. The second-order valence-electron chi connectivity index (χ2n) is 7.28. The van der Waals surface area contributed by atoms with Crippen molar-refractivity contribution in [1.29, 1.82) is 0 Å². The number of benzene rings is 3. The van der Waals surface area contributed by atoms with Gasteiger partial charge in [-0.3, -0.25) is 9.80 Å². The van der Waals surface area contributed by atoms with Crippen molar-refractivity contribution in [1.82, 2.24) is 9.80 Å². The molecular formula is C23H23BrN2O3. The molecule has 1 aliphatic heterocycles. The van der Waals surface area contributed by atoms with Gasteiger partial charge in [-0.15, -0.1) is 0 Å². The minimum absolute atomic E-state index is 0.188. The van der Waals surface area contributed by atoms with E-state index in [2.05, 4.69) is 25.7 Å². The molecule has 0 bridgehead atoms. The number of aromatic hydroxyl groups is 3. The van der Waals surface area contributed by atoms with E-state index in [1.165, 1.54) is 0 Å². The van der Waals surface area contributed by atoms with E-state index in [0.29, 0.717) is 13.1 Å². The predicted molar refractivity (Wildman–Crippen MR) is 116 cm³/mol. The molecule has 1 heterocycles. The van der Waals surface area contributed by atoms with E-state index in [-0.39, 0.29) is 23.4 Å². The second-order valence-corrected chi connectivity index (χ2v) is 8.19. The van der Waals surface area contributed by atoms with Gasteiger partial charge in [-0.2, -0.15) is 0 Å². The maximum absolute atomic E-state index is 10.6. The topological polar surface area (TPSA) is 67.2 Å². The molecule has 0 saturated carbocycles. The fourth-order valence-electron chi connectivity index (χ4n) is 3.92. The molecule has 1 saturated heterocycles. The summed E-state index contributed by atoms with van der Waals surface area (Å²) in [5, 5.41) is 31.1. The van der Waals surface area contributed by atoms with Crippen LogP contribution in [0.5, 0.6) is 17.2 Å². The molecule has 0 aliphatic carbocycles. The van der Waals surface area contributed by atoms with Crippen LogP contribution >= 0.6 is 15.9 Å². The molecule has 0 aromatic heterocycles. The van der Waals surface area contributed by atoms with E-state index in [1.807, 2.05) is 48.5 Å². The van der Waals surface area contributed by atoms with Crippen molar-refractivity contribution in [2.45, 2.75) is 19.3 Å². The lowest BCUT2D eigenvalue weighted by atomic mass is 10.1. The predicted octanol–water partition coefficient (Wildman–Crippen LogP) is 4.58. The van der Waals surface area contributed by atoms with Crippen LogP contribution in [0.4, 0.5) is 0 Å². The molecule has 1 fully saturated rings. The third kappa shape index (κ3) is 4.24. The highest BCUT2D eigenvalue weighted by molar-refractivity contribution is 9.10. The molecule has 29 heavy (non-hydrogen) atoms. The highest BCUT2D eigenvalue weighted by atomic mass is 79.9. The Labute approximate surface area is 178 Å². The highest BCUT2D eigenvalue weighted by Crippen LogP contribution is 2.39. The third-order valence-electron chi connectivity index (χ3n) is 5.36. The molecule has 0 atom stereocenters. The largest absolute Gasteiger partial charge is 0.508 e. The van der Waals surface area contributed by atoms with E-state index in [4.69, 9.17) is 0 Å². The average Bonchev–Trinajstić information content (AvgIpc) is 3.09. The van der Waals surface area contributed by atoms with Crippen LogP contribution in [0.2, 0.25) is 0 Å². The summed E-state index contributed by atoms with van der Waals surface area (Å²) in [7, 11) is 0. The van der Waals surface area contributed by atoms with Gasteiger partial charge in [-0.1, -0.05) is 52.3 Å². The fraction of sp³-hybridized carbons (Fsp3) is 0.217. The molecule has 3 aromatic rings. The van der Waals surface area contributed by atoms with Crippen LogP contribution in [0, 0.1) is 0 Å². The Morgan fingerprint density at radius 3 is 1.76 bits per heavy atom. The third-order valence-corrected chi connectivity index (χ3v) is 5.86. The Morgan fingerprint density at radius 1 is 0.724 bits per heavy atom. The number of nitrogens with zero attached hydrogens (tertiary/aromatic N) is 2. The zero-order valence-electron chi connectivity index (χ0n) is 15.9. The lowest BCUT2D eigenvalue weighted by Gasteiger charge is -2.31. The fourth-order valence-corrected chi connectivity index (χ4v) is 4.29. The van der Waals surface area contributed by atoms with Crippen molar-refractivity contribution in [2.75, 3.05) is 13.1 Å². The Balaban J connectivity index is 1.69. The lowest BCUT2D eigenvalue weighted by Crippen LogP contribution is -2.30. The van der Waals surface area contributed by atoms with Crippen molar-refractivity contribution in [2.24, 2.45) is 0 Å². The van der Waals surface area contributed by atoms with Crippen molar-refractivity contribution >= 4 is 15.9 Å². The van der Waals surface area contributed by atoms with Crippen LogP contribution in [0.25, 0.3) is 0 Å². The molecule has 0 spiro atoms. The second kappa shape index (κ2) is 8.45. The van der Waals surface area contributed by atoms with Gasteiger partial charge in [0.05, 0.1) is 6.17 Å². The van der Waals surface area contributed by atoms with Gasteiger partial charge in [0.15, 0.2) is 0 Å². The normalized spacial score (nSPS) is 15.8. The lowest BCUT2D eigenvalue weighted by molar-refractivity contribution is 0.121. The van der Waals surface area contributed by atoms with E-state index in [9.17, 15) is 15.3 Å². The van der Waals surface area contributed by atoms with Crippen molar-refractivity contribution in [3.8, 4) is 17.2 Å². The van der Waals surface area contributed by atoms with Gasteiger partial charge in [-0.05, 0) is 30.3 Å². The van der Waals surface area contributed by atoms with E-state index >= 15 is 0 Å². The molecule has 0 radical (unpaired) electrons. The van der Waals surface area contributed by atoms with Crippen LogP contribution in [0.3, 0.4) is 0 Å². The molecule has 0 amide bonds. The van der Waals surface area contributed by atoms with Crippen molar-refractivity contribution < 1.29 is 15.3 Å². The quantitative estimate of drug-likeness (QED) is 0.526. The molecule has 150 valence electrons. The number of rotatable bonds is 5. The first-order chi connectivity index (χ1) is 14.0. The van der Waals surface area contributed by atoms with E-state index in [1.54, 1.807) is 18.2 Å². The minimum Gasteiger partial charge on any atom is -0.508 e. The molecule has 6 heteroatoms. The standard InChI is InChI=1S/C23H23BrN2O3/c24-18-9-10-22(29)19(13-18)23-25(14-16-5-1-3-7-20(16)27)11-12-26(23)15-17-6-2-4-8-21(17)28/h1-10,13,23,27-29H,11-12,14-15H2. The summed E-state index contributed by atoms with van der Waals surface area (Å²) >= 11 is 3.51. The van der Waals surface area contributed by atoms with Crippen LogP contribution in [0.1, 0.15) is 22.9 Å². The average molecular weight is 455 g/mol. The van der Waals surface area contributed by atoms with Gasteiger partial charge in [-0.25, -0.2) is 0 Å². The van der Waals surface area contributed by atoms with Crippen LogP contribution < -0.4 is 0 Å². The smallest absolute Gasteiger partial charge is 0.121 e. The molecule has 5 nitrogen and oxygen atoms in total. The zero-order chi connectivity index (χ0) is 20.4. The van der Waals surface area contributed by atoms with E-state index in [0.717, 1.165) is 34.3 Å². The summed E-state index contributed by atoms with van der Waals surface area (Å²) in [4.78, 5) is 4.47. The summed E-state index contributed by atoms with van der Waals surface area (Å²) in [5.74, 6) is 0.761. The highest BCUT2D eigenvalue weighted by Gasteiger charge is 2.35. The Morgan fingerprint density at radius 2 is 1.24 bits per heavy atom. The number of phenolic OH excluding ortho intramolecular Hbond substituents is 3. The van der Waals surface area contributed by atoms with Crippen LogP contribution in [-0.4, -0.2) is 38.2 Å². The van der Waals surface area contributed by atoms with Crippen molar-refractivity contribution in [3.05, 3.63) is 87.9 Å². The van der Waals surface area contributed by atoms with Gasteiger partial charge in [0.25, 0.3) is 0 Å². The first kappa shape index (κ1) is 19.8. The summed E-state index contributed by atoms with van der Waals surface area (Å²) in [6.45, 7) is 2.66. The molecule has 4 rings (SSSR count). The molecular weight excluding hydrogens is 432 g/mol. The molecule has 0 unspecified atom stereocenters. The summed E-state index contributed by atoms with van der Waals surface area (Å²) in [6, 6.07) is 20.1. The number of hydrogen-bond donors (Lipinski definition) is 3. The number of phenols is 3. The van der Waals surface area contributed by atoms with Crippen LogP contribution in [-0.2, 0) is 13.1 Å². The van der Waals surface area contributed by atoms with Gasteiger partial charge < -0.3 is 15.3 Å². The Hall–Kier alpha value is -2.54. The van der Waals surface area contributed by atoms with Gasteiger partial charge in [0.1, 0.15) is 17.2 Å². The van der Waals surface area contributed by atoms with E-state index < -0.39 is 0 Å². The maximum atomic E-state index is 10.6. The van der Waals surface area contributed by atoms with Crippen LogP contribution in [0.15, 0.2) is 71.2 Å². The number of para-hydroxylation sites is 2. The molecule has 3 N–H and O–H groups in total. The summed E-state index contributed by atoms with van der Waals surface area (Å²) in [6.07, 6.45) is -0.188. The monoisotopic (exact) mass is 454 g/mol. The number of hydrogen-bond acceptors (Lipinski definition) is 5. The van der Waals surface area contributed by atoms with Gasteiger partial charge in [0, 0.05) is 47.3 Å². The Bertz CT molecular complexity index is 955. The molecule has 3 aromatic carbocycles.